The lowest BCUT2D eigenvalue weighted by molar-refractivity contribution is 0.0946. The second-order valence-corrected chi connectivity index (χ2v) is 6.08. The quantitative estimate of drug-likeness (QED) is 0.905. The highest BCUT2D eigenvalue weighted by molar-refractivity contribution is 5.93. The van der Waals surface area contributed by atoms with Crippen LogP contribution in [0.25, 0.3) is 0 Å². The molecule has 1 aliphatic carbocycles. The van der Waals surface area contributed by atoms with Crippen molar-refractivity contribution in [2.45, 2.75) is 39.7 Å². The lowest BCUT2D eigenvalue weighted by atomic mass is 10.0. The number of aryl methyl sites for hydroxylation is 3. The lowest BCUT2D eigenvalue weighted by Gasteiger charge is -2.14. The molecular weight excluding hydrogens is 274 g/mol. The summed E-state index contributed by atoms with van der Waals surface area (Å²) >= 11 is 0. The number of anilines is 2. The number of rotatable bonds is 4. The van der Waals surface area contributed by atoms with Crippen molar-refractivity contribution in [2.75, 3.05) is 5.32 Å². The molecule has 0 atom stereocenters. The fourth-order valence-electron chi connectivity index (χ4n) is 2.64. The Morgan fingerprint density at radius 3 is 2.45 bits per heavy atom. The van der Waals surface area contributed by atoms with Crippen molar-refractivity contribution in [1.29, 1.82) is 0 Å². The molecule has 1 fully saturated rings. The van der Waals surface area contributed by atoms with E-state index in [4.69, 9.17) is 0 Å². The molecule has 2 N–H and O–H groups in total. The van der Waals surface area contributed by atoms with Crippen molar-refractivity contribution in [2.24, 2.45) is 0 Å². The summed E-state index contributed by atoms with van der Waals surface area (Å²) in [6.45, 7) is 6.27. The van der Waals surface area contributed by atoms with E-state index in [-0.39, 0.29) is 5.91 Å². The van der Waals surface area contributed by atoms with Crippen molar-refractivity contribution < 1.29 is 4.79 Å². The van der Waals surface area contributed by atoms with Crippen LogP contribution in [0.5, 0.6) is 0 Å². The predicted molar refractivity (Wildman–Crippen MR) is 88.7 cm³/mol. The molecule has 0 unspecified atom stereocenters. The van der Waals surface area contributed by atoms with E-state index in [0.29, 0.717) is 11.7 Å². The molecule has 0 bridgehead atoms. The molecule has 1 aliphatic rings. The fourth-order valence-corrected chi connectivity index (χ4v) is 2.64. The molecule has 114 valence electrons. The molecule has 1 saturated carbocycles. The first-order valence-corrected chi connectivity index (χ1v) is 7.65. The second-order valence-electron chi connectivity index (χ2n) is 6.08. The third-order valence-corrected chi connectivity index (χ3v) is 3.85. The van der Waals surface area contributed by atoms with Crippen LogP contribution in [0.1, 0.15) is 40.0 Å². The van der Waals surface area contributed by atoms with E-state index in [0.717, 1.165) is 24.2 Å². The molecule has 1 aromatic carbocycles. The van der Waals surface area contributed by atoms with Gasteiger partial charge in [0.2, 0.25) is 0 Å². The summed E-state index contributed by atoms with van der Waals surface area (Å²) in [5, 5.41) is 6.37. The minimum absolute atomic E-state index is 0.0940. The SMILES string of the molecule is Cc1cc(C)c(Nc2ccnc(C(=O)NC3CC3)c2)c(C)c1. The number of hydrogen-bond donors (Lipinski definition) is 2. The molecule has 3 rings (SSSR count). The third kappa shape index (κ3) is 3.27. The Labute approximate surface area is 131 Å². The van der Waals surface area contributed by atoms with Crippen molar-refractivity contribution in [3.05, 3.63) is 52.8 Å². The number of nitrogens with one attached hydrogen (secondary N) is 2. The highest BCUT2D eigenvalue weighted by atomic mass is 16.2. The molecule has 1 heterocycles. The van der Waals surface area contributed by atoms with Crippen molar-refractivity contribution in [3.63, 3.8) is 0 Å². The molecule has 0 saturated heterocycles. The average Bonchev–Trinajstić information content (AvgIpc) is 3.27. The zero-order valence-electron chi connectivity index (χ0n) is 13.2. The molecular formula is C18H21N3O. The summed E-state index contributed by atoms with van der Waals surface area (Å²) in [7, 11) is 0. The van der Waals surface area contributed by atoms with Gasteiger partial charge in [0.1, 0.15) is 5.69 Å². The first-order chi connectivity index (χ1) is 10.5. The van der Waals surface area contributed by atoms with Crippen molar-refractivity contribution in [1.82, 2.24) is 10.3 Å². The van der Waals surface area contributed by atoms with Crippen LogP contribution >= 0.6 is 0 Å². The summed E-state index contributed by atoms with van der Waals surface area (Å²) < 4.78 is 0. The number of carbonyl (C=O) groups is 1. The standard InChI is InChI=1S/C18H21N3O/c1-11-8-12(2)17(13(3)9-11)20-15-6-7-19-16(10-15)18(22)21-14-4-5-14/h6-10,14H,4-5H2,1-3H3,(H,19,20)(H,21,22). The van der Waals surface area contributed by atoms with E-state index >= 15 is 0 Å². The number of hydrogen-bond acceptors (Lipinski definition) is 3. The van der Waals surface area contributed by atoms with Gasteiger partial charge in [-0.3, -0.25) is 9.78 Å². The Morgan fingerprint density at radius 2 is 1.82 bits per heavy atom. The van der Waals surface area contributed by atoms with E-state index in [1.165, 1.54) is 16.7 Å². The molecule has 1 aromatic heterocycles. The van der Waals surface area contributed by atoms with E-state index in [9.17, 15) is 4.79 Å². The maximum absolute atomic E-state index is 12.1. The van der Waals surface area contributed by atoms with Crippen molar-refractivity contribution in [3.8, 4) is 0 Å². The molecule has 4 heteroatoms. The van der Waals surface area contributed by atoms with Gasteiger partial charge in [0.25, 0.3) is 5.91 Å². The summed E-state index contributed by atoms with van der Waals surface area (Å²) in [6.07, 6.45) is 3.82. The van der Waals surface area contributed by atoms with Gasteiger partial charge >= 0.3 is 0 Å². The summed E-state index contributed by atoms with van der Waals surface area (Å²) in [5.74, 6) is -0.0940. The first-order valence-electron chi connectivity index (χ1n) is 7.65. The smallest absolute Gasteiger partial charge is 0.270 e. The van der Waals surface area contributed by atoms with Crippen LogP contribution in [-0.4, -0.2) is 16.9 Å². The Bertz CT molecular complexity index is 697. The van der Waals surface area contributed by atoms with Gasteiger partial charge < -0.3 is 10.6 Å². The van der Waals surface area contributed by atoms with Gasteiger partial charge in [0.05, 0.1) is 0 Å². The molecule has 0 spiro atoms. The molecule has 22 heavy (non-hydrogen) atoms. The van der Waals surface area contributed by atoms with E-state index < -0.39 is 0 Å². The van der Waals surface area contributed by atoms with E-state index in [2.05, 4.69) is 48.5 Å². The van der Waals surface area contributed by atoms with E-state index in [1.54, 1.807) is 12.3 Å². The van der Waals surface area contributed by atoms with Crippen LogP contribution in [0.3, 0.4) is 0 Å². The zero-order valence-corrected chi connectivity index (χ0v) is 13.2. The number of benzene rings is 1. The van der Waals surface area contributed by atoms with Crippen LogP contribution in [-0.2, 0) is 0 Å². The maximum Gasteiger partial charge on any atom is 0.270 e. The minimum atomic E-state index is -0.0940. The fraction of sp³-hybridized carbons (Fsp3) is 0.333. The van der Waals surface area contributed by atoms with Crippen LogP contribution in [0.15, 0.2) is 30.5 Å². The van der Waals surface area contributed by atoms with Crippen LogP contribution in [0.4, 0.5) is 11.4 Å². The zero-order chi connectivity index (χ0) is 15.7. The molecule has 0 aliphatic heterocycles. The lowest BCUT2D eigenvalue weighted by Crippen LogP contribution is -2.26. The Hall–Kier alpha value is -2.36. The third-order valence-electron chi connectivity index (χ3n) is 3.85. The van der Waals surface area contributed by atoms with Gasteiger partial charge in [-0.2, -0.15) is 0 Å². The first kappa shape index (κ1) is 14.6. The van der Waals surface area contributed by atoms with Gasteiger partial charge in [0.15, 0.2) is 0 Å². The second kappa shape index (κ2) is 5.79. The van der Waals surface area contributed by atoms with Crippen LogP contribution < -0.4 is 10.6 Å². The van der Waals surface area contributed by atoms with Gasteiger partial charge in [-0.25, -0.2) is 0 Å². The average molecular weight is 295 g/mol. The molecule has 2 aromatic rings. The van der Waals surface area contributed by atoms with Gasteiger partial charge in [-0.1, -0.05) is 17.7 Å². The predicted octanol–water partition coefficient (Wildman–Crippen LogP) is 3.64. The normalized spacial score (nSPS) is 13.8. The number of pyridine rings is 1. The Kier molecular flexibility index (Phi) is 3.84. The molecule has 0 radical (unpaired) electrons. The minimum Gasteiger partial charge on any atom is -0.355 e. The number of carbonyl (C=O) groups excluding carboxylic acids is 1. The molecule has 1 amide bonds. The van der Waals surface area contributed by atoms with Crippen LogP contribution in [0.2, 0.25) is 0 Å². The summed E-state index contributed by atoms with van der Waals surface area (Å²) in [6, 6.07) is 8.32. The van der Waals surface area contributed by atoms with Gasteiger partial charge in [0, 0.05) is 23.6 Å². The van der Waals surface area contributed by atoms with Gasteiger partial charge in [-0.05, 0) is 56.9 Å². The van der Waals surface area contributed by atoms with Crippen molar-refractivity contribution >= 4 is 17.3 Å². The Balaban J connectivity index is 1.82. The monoisotopic (exact) mass is 295 g/mol. The number of nitrogens with zero attached hydrogens (tertiary/aromatic N) is 1. The van der Waals surface area contributed by atoms with E-state index in [1.807, 2.05) is 6.07 Å². The maximum atomic E-state index is 12.1. The largest absolute Gasteiger partial charge is 0.355 e. The highest BCUT2D eigenvalue weighted by Crippen LogP contribution is 2.26. The number of amides is 1. The number of aromatic nitrogens is 1. The van der Waals surface area contributed by atoms with Gasteiger partial charge in [-0.15, -0.1) is 0 Å². The summed E-state index contributed by atoms with van der Waals surface area (Å²) in [4.78, 5) is 16.2. The topological polar surface area (TPSA) is 54.0 Å². The Morgan fingerprint density at radius 1 is 1.14 bits per heavy atom. The van der Waals surface area contributed by atoms with Crippen LogP contribution in [0, 0.1) is 20.8 Å². The molecule has 4 nitrogen and oxygen atoms in total. The summed E-state index contributed by atoms with van der Waals surface area (Å²) in [5.41, 5.74) is 6.06. The highest BCUT2D eigenvalue weighted by Gasteiger charge is 2.24.